The Hall–Kier alpha value is -3.68. The standard InChI is InChI=1S/C18H16N4O4/c1-25-14-8-7-12(15(18(23)24)16(14)26-2)10-20-22-17-13-6-4-3-5-11(13)9-19-21-17/h3-10H,1-2H3,(H,21,22)(H,23,24)/b20-10+. The van der Waals surface area contributed by atoms with Crippen LogP contribution in [0.25, 0.3) is 10.8 Å². The SMILES string of the molecule is COc1ccc(/C=N/Nc2nncc3ccccc23)c(C(=O)O)c1OC. The molecule has 0 bridgehead atoms. The van der Waals surface area contributed by atoms with E-state index in [1.165, 1.54) is 20.4 Å². The second-order valence-electron chi connectivity index (χ2n) is 5.22. The third kappa shape index (κ3) is 3.25. The number of ether oxygens (including phenoxy) is 2. The van der Waals surface area contributed by atoms with Crippen molar-refractivity contribution in [1.82, 2.24) is 10.2 Å². The van der Waals surface area contributed by atoms with Crippen LogP contribution >= 0.6 is 0 Å². The van der Waals surface area contributed by atoms with Crippen LogP contribution in [0.2, 0.25) is 0 Å². The Labute approximate surface area is 149 Å². The number of nitrogens with one attached hydrogen (secondary N) is 1. The fraction of sp³-hybridized carbons (Fsp3) is 0.111. The van der Waals surface area contributed by atoms with E-state index in [1.807, 2.05) is 24.3 Å². The average Bonchev–Trinajstić information content (AvgIpc) is 2.67. The van der Waals surface area contributed by atoms with Gasteiger partial charge in [0, 0.05) is 16.3 Å². The maximum atomic E-state index is 11.6. The average molecular weight is 352 g/mol. The predicted octanol–water partition coefficient (Wildman–Crippen LogP) is 2.79. The molecule has 0 aliphatic rings. The summed E-state index contributed by atoms with van der Waals surface area (Å²) in [5, 5.41) is 23.3. The predicted molar refractivity (Wildman–Crippen MR) is 97.3 cm³/mol. The molecule has 8 heteroatoms. The molecule has 0 unspecified atom stereocenters. The lowest BCUT2D eigenvalue weighted by atomic mass is 10.1. The van der Waals surface area contributed by atoms with Gasteiger partial charge in [-0.25, -0.2) is 4.79 Å². The van der Waals surface area contributed by atoms with Crippen molar-refractivity contribution >= 4 is 28.8 Å². The molecule has 3 rings (SSSR count). The van der Waals surface area contributed by atoms with Crippen molar-refractivity contribution in [3.8, 4) is 11.5 Å². The number of carboxylic acids is 1. The number of carboxylic acid groups (broad SMARTS) is 1. The molecule has 0 aliphatic carbocycles. The van der Waals surface area contributed by atoms with Gasteiger partial charge in [0.15, 0.2) is 17.3 Å². The number of nitrogens with zero attached hydrogens (tertiary/aromatic N) is 3. The highest BCUT2D eigenvalue weighted by molar-refractivity contribution is 6.02. The summed E-state index contributed by atoms with van der Waals surface area (Å²) in [5.41, 5.74) is 3.12. The third-order valence-electron chi connectivity index (χ3n) is 3.74. The molecule has 0 atom stereocenters. The summed E-state index contributed by atoms with van der Waals surface area (Å²) in [7, 11) is 2.83. The highest BCUT2D eigenvalue weighted by atomic mass is 16.5. The molecule has 3 aromatic rings. The third-order valence-corrected chi connectivity index (χ3v) is 3.74. The highest BCUT2D eigenvalue weighted by Crippen LogP contribution is 2.33. The van der Waals surface area contributed by atoms with Crippen molar-refractivity contribution in [3.05, 3.63) is 53.7 Å². The van der Waals surface area contributed by atoms with Crippen molar-refractivity contribution in [2.24, 2.45) is 5.10 Å². The first-order chi connectivity index (χ1) is 12.7. The summed E-state index contributed by atoms with van der Waals surface area (Å²) in [6, 6.07) is 10.8. The summed E-state index contributed by atoms with van der Waals surface area (Å²) in [6.07, 6.45) is 3.04. The number of hydrogen-bond acceptors (Lipinski definition) is 7. The van der Waals surface area contributed by atoms with Crippen LogP contribution < -0.4 is 14.9 Å². The van der Waals surface area contributed by atoms with E-state index in [0.717, 1.165) is 10.8 Å². The van der Waals surface area contributed by atoms with E-state index in [-0.39, 0.29) is 11.3 Å². The Morgan fingerprint density at radius 2 is 2.00 bits per heavy atom. The molecule has 0 aliphatic heterocycles. The molecule has 0 amide bonds. The quantitative estimate of drug-likeness (QED) is 0.519. The minimum atomic E-state index is -1.15. The lowest BCUT2D eigenvalue weighted by Gasteiger charge is -2.12. The Bertz CT molecular complexity index is 983. The van der Waals surface area contributed by atoms with E-state index in [1.54, 1.807) is 18.3 Å². The van der Waals surface area contributed by atoms with Gasteiger partial charge >= 0.3 is 5.97 Å². The maximum absolute atomic E-state index is 11.6. The van der Waals surface area contributed by atoms with E-state index in [4.69, 9.17) is 9.47 Å². The lowest BCUT2D eigenvalue weighted by Crippen LogP contribution is -2.07. The molecule has 0 radical (unpaired) electrons. The molecule has 8 nitrogen and oxygen atoms in total. The minimum absolute atomic E-state index is 0.0404. The second-order valence-corrected chi connectivity index (χ2v) is 5.22. The number of rotatable bonds is 6. The van der Waals surface area contributed by atoms with Gasteiger partial charge in [-0.1, -0.05) is 24.3 Å². The monoisotopic (exact) mass is 352 g/mol. The summed E-state index contributed by atoms with van der Waals surface area (Å²) >= 11 is 0. The zero-order valence-electron chi connectivity index (χ0n) is 14.1. The number of fused-ring (bicyclic) bond motifs is 1. The van der Waals surface area contributed by atoms with Gasteiger partial charge in [0.2, 0.25) is 0 Å². The number of hydrazone groups is 1. The molecule has 132 valence electrons. The first kappa shape index (κ1) is 17.2. The van der Waals surface area contributed by atoms with Gasteiger partial charge in [0.1, 0.15) is 5.56 Å². The topological polar surface area (TPSA) is 106 Å². The number of aromatic nitrogens is 2. The van der Waals surface area contributed by atoms with Crippen LogP contribution in [0.3, 0.4) is 0 Å². The molecule has 0 saturated carbocycles. The number of benzene rings is 2. The van der Waals surface area contributed by atoms with Crippen LogP contribution in [-0.4, -0.2) is 41.7 Å². The molecule has 0 saturated heterocycles. The summed E-state index contributed by atoms with van der Waals surface area (Å²) in [5.74, 6) is -0.215. The van der Waals surface area contributed by atoms with E-state index in [9.17, 15) is 9.90 Å². The number of aromatic carboxylic acids is 1. The van der Waals surface area contributed by atoms with Crippen LogP contribution in [0.5, 0.6) is 11.5 Å². The Kier molecular flexibility index (Phi) is 4.93. The molecule has 1 aromatic heterocycles. The molecule has 26 heavy (non-hydrogen) atoms. The molecule has 0 fully saturated rings. The molecule has 2 aromatic carbocycles. The molecule has 2 N–H and O–H groups in total. The second kappa shape index (κ2) is 7.47. The molecular weight excluding hydrogens is 336 g/mol. The molecular formula is C18H16N4O4. The van der Waals surface area contributed by atoms with Gasteiger partial charge in [-0.2, -0.15) is 10.2 Å². The lowest BCUT2D eigenvalue weighted by molar-refractivity contribution is 0.0692. The van der Waals surface area contributed by atoms with Gasteiger partial charge in [0.25, 0.3) is 0 Å². The van der Waals surface area contributed by atoms with Crippen LogP contribution in [-0.2, 0) is 0 Å². The van der Waals surface area contributed by atoms with Crippen molar-refractivity contribution in [2.75, 3.05) is 19.6 Å². The molecule has 1 heterocycles. The number of methoxy groups -OCH3 is 2. The Morgan fingerprint density at radius 1 is 1.19 bits per heavy atom. The minimum Gasteiger partial charge on any atom is -0.493 e. The molecule has 0 spiro atoms. The normalized spacial score (nSPS) is 10.8. The van der Waals surface area contributed by atoms with E-state index in [2.05, 4.69) is 20.7 Å². The fourth-order valence-corrected chi connectivity index (χ4v) is 2.54. The van der Waals surface area contributed by atoms with Crippen LogP contribution in [0, 0.1) is 0 Å². The zero-order valence-corrected chi connectivity index (χ0v) is 14.1. The van der Waals surface area contributed by atoms with Crippen molar-refractivity contribution in [3.63, 3.8) is 0 Å². The van der Waals surface area contributed by atoms with Crippen molar-refractivity contribution < 1.29 is 19.4 Å². The number of hydrogen-bond donors (Lipinski definition) is 2. The fourth-order valence-electron chi connectivity index (χ4n) is 2.54. The van der Waals surface area contributed by atoms with E-state index >= 15 is 0 Å². The van der Waals surface area contributed by atoms with E-state index < -0.39 is 5.97 Å². The smallest absolute Gasteiger partial charge is 0.340 e. The van der Waals surface area contributed by atoms with Crippen LogP contribution in [0.4, 0.5) is 5.82 Å². The van der Waals surface area contributed by atoms with E-state index in [0.29, 0.717) is 17.1 Å². The van der Waals surface area contributed by atoms with Gasteiger partial charge in [-0.05, 0) is 12.1 Å². The summed E-state index contributed by atoms with van der Waals surface area (Å²) in [4.78, 5) is 11.6. The number of anilines is 1. The van der Waals surface area contributed by atoms with Crippen molar-refractivity contribution in [2.45, 2.75) is 0 Å². The first-order valence-corrected chi connectivity index (χ1v) is 7.63. The first-order valence-electron chi connectivity index (χ1n) is 7.63. The Morgan fingerprint density at radius 3 is 2.73 bits per heavy atom. The maximum Gasteiger partial charge on any atom is 0.340 e. The van der Waals surface area contributed by atoms with Crippen LogP contribution in [0.1, 0.15) is 15.9 Å². The van der Waals surface area contributed by atoms with Crippen molar-refractivity contribution in [1.29, 1.82) is 0 Å². The Balaban J connectivity index is 1.94. The van der Waals surface area contributed by atoms with Gasteiger partial charge in [0.05, 0.1) is 26.6 Å². The summed E-state index contributed by atoms with van der Waals surface area (Å²) in [6.45, 7) is 0. The van der Waals surface area contributed by atoms with Gasteiger partial charge in [-0.15, -0.1) is 5.10 Å². The van der Waals surface area contributed by atoms with Gasteiger partial charge < -0.3 is 14.6 Å². The number of carbonyl (C=O) groups is 1. The zero-order chi connectivity index (χ0) is 18.5. The van der Waals surface area contributed by atoms with Crippen LogP contribution in [0.15, 0.2) is 47.7 Å². The summed E-state index contributed by atoms with van der Waals surface area (Å²) < 4.78 is 10.3. The van der Waals surface area contributed by atoms with Gasteiger partial charge in [-0.3, -0.25) is 5.43 Å². The largest absolute Gasteiger partial charge is 0.493 e. The highest BCUT2D eigenvalue weighted by Gasteiger charge is 2.20.